The molecule has 196 valence electrons. The number of aliphatic hydroxyl groups excluding tert-OH is 1. The van der Waals surface area contributed by atoms with Gasteiger partial charge in [-0.2, -0.15) is 8.42 Å². The van der Waals surface area contributed by atoms with Crippen molar-refractivity contribution in [1.82, 2.24) is 0 Å². The minimum atomic E-state index is -3.85. The van der Waals surface area contributed by atoms with Gasteiger partial charge < -0.3 is 9.84 Å². The van der Waals surface area contributed by atoms with Crippen molar-refractivity contribution in [2.24, 2.45) is 0 Å². The summed E-state index contributed by atoms with van der Waals surface area (Å²) in [6.45, 7) is 4.49. The molecule has 1 rings (SSSR count). The molecule has 0 saturated carbocycles. The van der Waals surface area contributed by atoms with Gasteiger partial charge in [-0.05, 0) is 51.2 Å². The highest BCUT2D eigenvalue weighted by molar-refractivity contribution is 7.86. The number of rotatable bonds is 22. The number of unbranched alkanes of at least 4 members (excludes halogenated alkanes) is 12. The minimum absolute atomic E-state index is 0.0779. The number of benzene rings is 1. The predicted molar refractivity (Wildman–Crippen MR) is 141 cm³/mol. The molecule has 0 aromatic heterocycles. The van der Waals surface area contributed by atoms with E-state index in [0.717, 1.165) is 18.4 Å². The average molecular weight is 497 g/mol. The lowest BCUT2D eigenvalue weighted by molar-refractivity contribution is 0.0122. The van der Waals surface area contributed by atoms with Crippen LogP contribution in [0, 0.1) is 6.92 Å². The summed E-state index contributed by atoms with van der Waals surface area (Å²) < 4.78 is 34.6. The average Bonchev–Trinajstić information content (AvgIpc) is 2.82. The van der Waals surface area contributed by atoms with Crippen LogP contribution in [0.1, 0.15) is 102 Å². The van der Waals surface area contributed by atoms with Gasteiger partial charge in [-0.25, -0.2) is 0 Å². The van der Waals surface area contributed by atoms with Crippen LogP contribution in [0.25, 0.3) is 0 Å². The molecule has 34 heavy (non-hydrogen) atoms. The van der Waals surface area contributed by atoms with E-state index in [9.17, 15) is 13.5 Å². The Labute approximate surface area is 209 Å². The lowest BCUT2D eigenvalue weighted by Gasteiger charge is -2.12. The summed E-state index contributed by atoms with van der Waals surface area (Å²) in [7, 11) is -3.85. The Morgan fingerprint density at radius 2 is 1.32 bits per heavy atom. The van der Waals surface area contributed by atoms with Crippen LogP contribution in [0.4, 0.5) is 0 Å². The summed E-state index contributed by atoms with van der Waals surface area (Å²) >= 11 is 0. The zero-order chi connectivity index (χ0) is 24.9. The summed E-state index contributed by atoms with van der Waals surface area (Å²) in [5.74, 6) is 0. The van der Waals surface area contributed by atoms with Crippen molar-refractivity contribution in [3.63, 3.8) is 0 Å². The predicted octanol–water partition coefficient (Wildman–Crippen LogP) is 7.12. The number of ether oxygens (including phenoxy) is 1. The molecule has 1 atom stereocenters. The Morgan fingerprint density at radius 1 is 0.794 bits per heavy atom. The fourth-order valence-corrected chi connectivity index (χ4v) is 4.60. The zero-order valence-corrected chi connectivity index (χ0v) is 22.4. The van der Waals surface area contributed by atoms with E-state index in [1.807, 2.05) is 6.92 Å². The van der Waals surface area contributed by atoms with Gasteiger partial charge in [0, 0.05) is 6.61 Å². The van der Waals surface area contributed by atoms with E-state index in [0.29, 0.717) is 6.61 Å². The first-order chi connectivity index (χ1) is 16.5. The van der Waals surface area contributed by atoms with Crippen LogP contribution >= 0.6 is 0 Å². The largest absolute Gasteiger partial charge is 0.388 e. The van der Waals surface area contributed by atoms with E-state index in [-0.39, 0.29) is 18.1 Å². The smallest absolute Gasteiger partial charge is 0.297 e. The van der Waals surface area contributed by atoms with Crippen LogP contribution in [0.15, 0.2) is 41.3 Å². The Hall–Kier alpha value is -1.21. The van der Waals surface area contributed by atoms with Crippen LogP contribution in [0.2, 0.25) is 0 Å². The second-order valence-electron chi connectivity index (χ2n) is 9.22. The SMILES string of the molecule is CCCCCCCC/C=C\CCCCCCCCOCC(O)COS(=O)(=O)c1ccc(C)cc1. The summed E-state index contributed by atoms with van der Waals surface area (Å²) in [6, 6.07) is 6.43. The number of aliphatic hydroxyl groups is 1. The maximum Gasteiger partial charge on any atom is 0.297 e. The van der Waals surface area contributed by atoms with Crippen LogP contribution in [-0.2, 0) is 19.0 Å². The number of allylic oxidation sites excluding steroid dienone is 2. The third kappa shape index (κ3) is 16.4. The molecule has 1 unspecified atom stereocenters. The van der Waals surface area contributed by atoms with Crippen molar-refractivity contribution >= 4 is 10.1 Å². The van der Waals surface area contributed by atoms with E-state index >= 15 is 0 Å². The maximum atomic E-state index is 12.1. The molecular formula is C28H48O5S. The highest BCUT2D eigenvalue weighted by Crippen LogP contribution is 2.14. The van der Waals surface area contributed by atoms with Gasteiger partial charge in [0.2, 0.25) is 0 Å². The first-order valence-corrected chi connectivity index (χ1v) is 14.7. The van der Waals surface area contributed by atoms with Gasteiger partial charge in [0.05, 0.1) is 18.1 Å². The first-order valence-electron chi connectivity index (χ1n) is 13.3. The molecule has 0 radical (unpaired) electrons. The van der Waals surface area contributed by atoms with Crippen LogP contribution in [-0.4, -0.2) is 39.4 Å². The molecule has 0 aliphatic rings. The monoisotopic (exact) mass is 496 g/mol. The van der Waals surface area contributed by atoms with Gasteiger partial charge in [-0.1, -0.05) is 94.6 Å². The lowest BCUT2D eigenvalue weighted by atomic mass is 10.1. The first kappa shape index (κ1) is 30.8. The van der Waals surface area contributed by atoms with E-state index in [1.54, 1.807) is 12.1 Å². The summed E-state index contributed by atoms with van der Waals surface area (Å²) in [5, 5.41) is 9.92. The Kier molecular flexibility index (Phi) is 18.2. The standard InChI is InChI=1S/C28H48O5S/c1-3-4-5-6-7-8-9-10-11-12-13-14-15-16-17-18-23-32-24-27(29)25-33-34(30,31)28-21-19-26(2)20-22-28/h10-11,19-22,27,29H,3-9,12-18,23-25H2,1-2H3/b11-10-. The van der Waals surface area contributed by atoms with Crippen molar-refractivity contribution in [1.29, 1.82) is 0 Å². The van der Waals surface area contributed by atoms with Crippen molar-refractivity contribution in [2.45, 2.75) is 115 Å². The van der Waals surface area contributed by atoms with Crippen molar-refractivity contribution in [3.8, 4) is 0 Å². The molecule has 0 aliphatic heterocycles. The molecule has 6 heteroatoms. The number of aryl methyl sites for hydroxylation is 1. The molecule has 0 bridgehead atoms. The molecule has 0 amide bonds. The highest BCUT2D eigenvalue weighted by Gasteiger charge is 2.17. The van der Waals surface area contributed by atoms with Gasteiger partial charge in [-0.15, -0.1) is 0 Å². The molecule has 0 aliphatic carbocycles. The topological polar surface area (TPSA) is 72.8 Å². The Balaban J connectivity index is 1.90. The van der Waals surface area contributed by atoms with E-state index in [2.05, 4.69) is 19.1 Å². The van der Waals surface area contributed by atoms with Crippen LogP contribution in [0.3, 0.4) is 0 Å². The normalized spacial score (nSPS) is 13.0. The fourth-order valence-electron chi connectivity index (χ4n) is 3.66. The maximum absolute atomic E-state index is 12.1. The van der Waals surface area contributed by atoms with E-state index in [1.165, 1.54) is 89.2 Å². The van der Waals surface area contributed by atoms with Crippen LogP contribution in [0.5, 0.6) is 0 Å². The number of hydrogen-bond donors (Lipinski definition) is 1. The van der Waals surface area contributed by atoms with E-state index < -0.39 is 16.2 Å². The van der Waals surface area contributed by atoms with Crippen molar-refractivity contribution in [3.05, 3.63) is 42.0 Å². The summed E-state index contributed by atoms with van der Waals surface area (Å²) in [4.78, 5) is 0.0930. The third-order valence-electron chi connectivity index (χ3n) is 5.84. The van der Waals surface area contributed by atoms with Gasteiger partial charge in [-0.3, -0.25) is 4.18 Å². The Bertz CT molecular complexity index is 728. The molecule has 1 aromatic rings. The lowest BCUT2D eigenvalue weighted by Crippen LogP contribution is -2.24. The quantitative estimate of drug-likeness (QED) is 0.105. The van der Waals surface area contributed by atoms with Crippen molar-refractivity contribution < 1.29 is 22.4 Å². The van der Waals surface area contributed by atoms with Gasteiger partial charge in [0.1, 0.15) is 6.10 Å². The molecule has 0 heterocycles. The Morgan fingerprint density at radius 3 is 1.91 bits per heavy atom. The molecule has 0 saturated heterocycles. The van der Waals surface area contributed by atoms with Gasteiger partial charge >= 0.3 is 0 Å². The molecule has 0 spiro atoms. The number of hydrogen-bond acceptors (Lipinski definition) is 5. The minimum Gasteiger partial charge on any atom is -0.388 e. The second-order valence-corrected chi connectivity index (χ2v) is 10.8. The van der Waals surface area contributed by atoms with Gasteiger partial charge in [0.25, 0.3) is 10.1 Å². The molecule has 0 fully saturated rings. The highest BCUT2D eigenvalue weighted by atomic mass is 32.2. The van der Waals surface area contributed by atoms with E-state index in [4.69, 9.17) is 8.92 Å². The summed E-state index contributed by atoms with van der Waals surface area (Å²) in [6.07, 6.45) is 21.4. The van der Waals surface area contributed by atoms with Gasteiger partial charge in [0.15, 0.2) is 0 Å². The molecule has 1 N–H and O–H groups in total. The fraction of sp³-hybridized carbons (Fsp3) is 0.714. The van der Waals surface area contributed by atoms with Crippen molar-refractivity contribution in [2.75, 3.05) is 19.8 Å². The molecule has 5 nitrogen and oxygen atoms in total. The second kappa shape index (κ2) is 20.0. The zero-order valence-electron chi connectivity index (χ0n) is 21.6. The molecular weight excluding hydrogens is 448 g/mol. The summed E-state index contributed by atoms with van der Waals surface area (Å²) in [5.41, 5.74) is 0.971. The van der Waals surface area contributed by atoms with Crippen LogP contribution < -0.4 is 0 Å². The molecule has 1 aromatic carbocycles. The third-order valence-corrected chi connectivity index (χ3v) is 7.13.